The van der Waals surface area contributed by atoms with Gasteiger partial charge in [0.05, 0.1) is 5.52 Å². The zero-order valence-corrected chi connectivity index (χ0v) is 15.7. The molecule has 3 heterocycles. The molecule has 1 aliphatic heterocycles. The van der Waals surface area contributed by atoms with Crippen molar-refractivity contribution >= 4 is 22.7 Å². The van der Waals surface area contributed by atoms with E-state index in [9.17, 15) is 9.59 Å². The van der Waals surface area contributed by atoms with Crippen LogP contribution in [0.1, 0.15) is 56.0 Å². The van der Waals surface area contributed by atoms with Crippen molar-refractivity contribution < 1.29 is 9.21 Å². The van der Waals surface area contributed by atoms with Crippen LogP contribution in [0.2, 0.25) is 0 Å². The second-order valence-corrected chi connectivity index (χ2v) is 8.00. The monoisotopic (exact) mass is 380 g/mol. The number of hydrogen-bond donors (Lipinski definition) is 2. The molecule has 1 aliphatic carbocycles. The van der Waals surface area contributed by atoms with E-state index in [0.29, 0.717) is 22.7 Å². The summed E-state index contributed by atoms with van der Waals surface area (Å²) in [6, 6.07) is 5.17. The largest absolute Gasteiger partial charge is 0.417 e. The summed E-state index contributed by atoms with van der Waals surface area (Å²) in [5.74, 6) is 1.26. The Morgan fingerprint density at radius 1 is 1.21 bits per heavy atom. The van der Waals surface area contributed by atoms with Gasteiger partial charge in [-0.3, -0.25) is 9.78 Å². The maximum atomic E-state index is 12.8. The zero-order valence-electron chi connectivity index (χ0n) is 15.7. The van der Waals surface area contributed by atoms with Crippen LogP contribution in [0.15, 0.2) is 33.6 Å². The molecular formula is C21H24N4O3. The number of carbonyl (C=O) groups excluding carboxylic acids is 1. The Bertz CT molecular complexity index is 1070. The van der Waals surface area contributed by atoms with Crippen LogP contribution in [0.5, 0.6) is 0 Å². The van der Waals surface area contributed by atoms with E-state index in [1.54, 1.807) is 18.2 Å². The van der Waals surface area contributed by atoms with Crippen LogP contribution in [0, 0.1) is 5.92 Å². The van der Waals surface area contributed by atoms with Crippen molar-refractivity contribution in [3.05, 3.63) is 46.5 Å². The summed E-state index contributed by atoms with van der Waals surface area (Å²) in [6.45, 7) is 0.855. The number of aromatic nitrogens is 3. The van der Waals surface area contributed by atoms with Crippen LogP contribution in [-0.4, -0.2) is 20.4 Å². The van der Waals surface area contributed by atoms with Gasteiger partial charge in [-0.25, -0.2) is 9.78 Å². The van der Waals surface area contributed by atoms with Crippen molar-refractivity contribution in [2.75, 3.05) is 5.32 Å². The van der Waals surface area contributed by atoms with Gasteiger partial charge >= 0.3 is 5.76 Å². The number of rotatable bonds is 3. The van der Waals surface area contributed by atoms with Crippen molar-refractivity contribution in [3.63, 3.8) is 0 Å². The van der Waals surface area contributed by atoms with Crippen LogP contribution in [0.3, 0.4) is 0 Å². The first-order chi connectivity index (χ1) is 13.7. The molecule has 2 aromatic heterocycles. The van der Waals surface area contributed by atoms with E-state index in [-0.39, 0.29) is 11.8 Å². The number of oxazole rings is 1. The first-order valence-electron chi connectivity index (χ1n) is 10.2. The SMILES string of the molecule is O=C(Nc1ccc2oc(=O)[nH]c2c1)C1CCn2c(cnc2C2CCCCC2)C1. The molecule has 146 valence electrons. The van der Waals surface area contributed by atoms with Gasteiger partial charge in [0, 0.05) is 42.4 Å². The molecule has 28 heavy (non-hydrogen) atoms. The van der Waals surface area contributed by atoms with Gasteiger partial charge in [-0.05, 0) is 37.5 Å². The minimum absolute atomic E-state index is 0.0110. The minimum Gasteiger partial charge on any atom is -0.408 e. The molecule has 1 atom stereocenters. The van der Waals surface area contributed by atoms with E-state index in [0.717, 1.165) is 19.4 Å². The fourth-order valence-electron chi connectivity index (χ4n) is 4.67. The van der Waals surface area contributed by atoms with Crippen molar-refractivity contribution in [2.24, 2.45) is 5.92 Å². The Hall–Kier alpha value is -2.83. The predicted octanol–water partition coefficient (Wildman–Crippen LogP) is 3.57. The van der Waals surface area contributed by atoms with Crippen LogP contribution < -0.4 is 11.1 Å². The van der Waals surface area contributed by atoms with Crippen LogP contribution in [0.25, 0.3) is 11.1 Å². The number of amides is 1. The molecule has 1 unspecified atom stereocenters. The summed E-state index contributed by atoms with van der Waals surface area (Å²) in [7, 11) is 0. The predicted molar refractivity (Wildman–Crippen MR) is 105 cm³/mol. The summed E-state index contributed by atoms with van der Waals surface area (Å²) in [4.78, 5) is 31.4. The van der Waals surface area contributed by atoms with E-state index in [1.807, 2.05) is 6.20 Å². The smallest absolute Gasteiger partial charge is 0.408 e. The maximum absolute atomic E-state index is 12.8. The average Bonchev–Trinajstić information content (AvgIpc) is 3.30. The molecule has 2 N–H and O–H groups in total. The third-order valence-electron chi connectivity index (χ3n) is 6.15. The second kappa shape index (κ2) is 6.96. The van der Waals surface area contributed by atoms with Gasteiger partial charge in [0.1, 0.15) is 5.82 Å². The van der Waals surface area contributed by atoms with Crippen molar-refractivity contribution in [2.45, 2.75) is 57.4 Å². The number of aromatic amines is 1. The highest BCUT2D eigenvalue weighted by atomic mass is 16.4. The van der Waals surface area contributed by atoms with Gasteiger partial charge in [-0.2, -0.15) is 0 Å². The highest BCUT2D eigenvalue weighted by Crippen LogP contribution is 2.34. The lowest BCUT2D eigenvalue weighted by atomic mass is 9.88. The number of H-pyrrole nitrogens is 1. The standard InChI is InChI=1S/C21H24N4O3/c26-20(23-15-6-7-18-17(11-15)24-21(27)28-18)14-8-9-25-16(10-14)12-22-19(25)13-4-2-1-3-5-13/h6-7,11-14H,1-5,8-10H2,(H,23,26)(H,24,27). The molecule has 0 radical (unpaired) electrons. The Kier molecular flexibility index (Phi) is 4.30. The summed E-state index contributed by atoms with van der Waals surface area (Å²) in [6.07, 6.45) is 9.90. The highest BCUT2D eigenvalue weighted by Gasteiger charge is 2.29. The number of fused-ring (bicyclic) bond motifs is 2. The second-order valence-electron chi connectivity index (χ2n) is 8.00. The Morgan fingerprint density at radius 3 is 2.93 bits per heavy atom. The average molecular weight is 380 g/mol. The molecule has 1 aromatic carbocycles. The number of nitrogens with zero attached hydrogens (tertiary/aromatic N) is 2. The van der Waals surface area contributed by atoms with Gasteiger partial charge in [0.15, 0.2) is 5.58 Å². The molecule has 0 spiro atoms. The summed E-state index contributed by atoms with van der Waals surface area (Å²) in [5, 5.41) is 2.98. The van der Waals surface area contributed by atoms with E-state index in [4.69, 9.17) is 9.40 Å². The molecule has 7 heteroatoms. The Balaban J connectivity index is 1.29. The van der Waals surface area contributed by atoms with Crippen LogP contribution >= 0.6 is 0 Å². The molecule has 0 bridgehead atoms. The molecule has 0 saturated heterocycles. The van der Waals surface area contributed by atoms with E-state index < -0.39 is 5.76 Å². The first-order valence-corrected chi connectivity index (χ1v) is 10.2. The van der Waals surface area contributed by atoms with Crippen LogP contribution in [0.4, 0.5) is 5.69 Å². The van der Waals surface area contributed by atoms with Gasteiger partial charge in [0.2, 0.25) is 5.91 Å². The third-order valence-corrected chi connectivity index (χ3v) is 6.15. The lowest BCUT2D eigenvalue weighted by Crippen LogP contribution is -2.31. The van der Waals surface area contributed by atoms with Gasteiger partial charge in [0.25, 0.3) is 0 Å². The molecule has 7 nitrogen and oxygen atoms in total. The van der Waals surface area contributed by atoms with E-state index in [2.05, 4.69) is 14.9 Å². The molecular weight excluding hydrogens is 356 g/mol. The molecule has 1 amide bonds. The minimum atomic E-state index is -0.493. The normalized spacial score (nSPS) is 20.2. The number of nitrogens with one attached hydrogen (secondary N) is 2. The van der Waals surface area contributed by atoms with Crippen molar-refractivity contribution in [1.29, 1.82) is 0 Å². The molecule has 2 aliphatic rings. The first kappa shape index (κ1) is 17.3. The molecule has 3 aromatic rings. The highest BCUT2D eigenvalue weighted by molar-refractivity contribution is 5.94. The van der Waals surface area contributed by atoms with Crippen molar-refractivity contribution in [3.8, 4) is 0 Å². The fourth-order valence-corrected chi connectivity index (χ4v) is 4.67. The summed E-state index contributed by atoms with van der Waals surface area (Å²) in [5.41, 5.74) is 2.90. The maximum Gasteiger partial charge on any atom is 0.417 e. The number of hydrogen-bond acceptors (Lipinski definition) is 4. The van der Waals surface area contributed by atoms with E-state index >= 15 is 0 Å². The summed E-state index contributed by atoms with van der Waals surface area (Å²) < 4.78 is 7.35. The summed E-state index contributed by atoms with van der Waals surface area (Å²) >= 11 is 0. The lowest BCUT2D eigenvalue weighted by Gasteiger charge is -2.27. The lowest BCUT2D eigenvalue weighted by molar-refractivity contribution is -0.120. The van der Waals surface area contributed by atoms with Crippen LogP contribution in [-0.2, 0) is 17.8 Å². The topological polar surface area (TPSA) is 92.9 Å². The van der Waals surface area contributed by atoms with Gasteiger partial charge in [-0.1, -0.05) is 19.3 Å². The quantitative estimate of drug-likeness (QED) is 0.726. The zero-order chi connectivity index (χ0) is 19.1. The molecule has 1 saturated carbocycles. The fraction of sp³-hybridized carbons (Fsp3) is 0.476. The number of carbonyl (C=O) groups is 1. The Labute approximate surface area is 162 Å². The van der Waals surface area contributed by atoms with E-state index in [1.165, 1.54) is 43.6 Å². The number of imidazole rings is 1. The Morgan fingerprint density at radius 2 is 2.07 bits per heavy atom. The van der Waals surface area contributed by atoms with Crippen molar-refractivity contribution in [1.82, 2.24) is 14.5 Å². The molecule has 1 fully saturated rings. The third kappa shape index (κ3) is 3.15. The van der Waals surface area contributed by atoms with Gasteiger partial charge in [-0.15, -0.1) is 0 Å². The molecule has 5 rings (SSSR count). The van der Waals surface area contributed by atoms with Gasteiger partial charge < -0.3 is 14.3 Å². The number of anilines is 1. The number of benzene rings is 1.